The molecule has 0 unspecified atom stereocenters. The van der Waals surface area contributed by atoms with E-state index < -0.39 is 0 Å². The summed E-state index contributed by atoms with van der Waals surface area (Å²) in [4.78, 5) is 8.53. The molecule has 0 atom stereocenters. The zero-order chi connectivity index (χ0) is 14.8. The van der Waals surface area contributed by atoms with Crippen molar-refractivity contribution < 1.29 is 4.42 Å². The highest BCUT2D eigenvalue weighted by Gasteiger charge is 2.10. The van der Waals surface area contributed by atoms with Crippen molar-refractivity contribution in [1.82, 2.24) is 9.97 Å². The number of pyridine rings is 2. The van der Waals surface area contributed by atoms with Crippen LogP contribution in [0.5, 0.6) is 0 Å². The van der Waals surface area contributed by atoms with Gasteiger partial charge in [0, 0.05) is 29.5 Å². The fourth-order valence-electron chi connectivity index (χ4n) is 2.69. The van der Waals surface area contributed by atoms with Crippen molar-refractivity contribution >= 4 is 11.0 Å². The highest BCUT2D eigenvalue weighted by Crippen LogP contribution is 2.30. The quantitative estimate of drug-likeness (QED) is 0.557. The van der Waals surface area contributed by atoms with Gasteiger partial charge < -0.3 is 4.42 Å². The molecule has 3 aromatic heterocycles. The van der Waals surface area contributed by atoms with Gasteiger partial charge in [-0.3, -0.25) is 9.97 Å². The molecule has 106 valence electrons. The van der Waals surface area contributed by atoms with Crippen LogP contribution in [0.1, 0.15) is 11.1 Å². The molecule has 0 spiro atoms. The lowest BCUT2D eigenvalue weighted by atomic mass is 9.99. The fraction of sp³-hybridized carbons (Fsp3) is 0.0526. The molecular weight excluding hydrogens is 272 g/mol. The Hall–Kier alpha value is -2.94. The van der Waals surface area contributed by atoms with Crippen LogP contribution in [-0.4, -0.2) is 9.97 Å². The van der Waals surface area contributed by atoms with Crippen molar-refractivity contribution in [1.29, 1.82) is 0 Å². The summed E-state index contributed by atoms with van der Waals surface area (Å²) < 4.78 is 5.66. The van der Waals surface area contributed by atoms with Gasteiger partial charge in [-0.25, -0.2) is 0 Å². The van der Waals surface area contributed by atoms with Gasteiger partial charge in [0.05, 0.1) is 12.0 Å². The molecule has 0 saturated heterocycles. The maximum Gasteiger partial charge on any atom is 0.143 e. The zero-order valence-electron chi connectivity index (χ0n) is 11.9. The minimum Gasteiger partial charge on any atom is -0.464 e. The SMILES string of the molecule is c1ccc(-c2cc(Cc3ccncc3)cc3ccoc23)nc1. The van der Waals surface area contributed by atoms with E-state index >= 15 is 0 Å². The van der Waals surface area contributed by atoms with Crippen molar-refractivity contribution in [2.45, 2.75) is 6.42 Å². The summed E-state index contributed by atoms with van der Waals surface area (Å²) in [5.41, 5.74) is 5.33. The Morgan fingerprint density at radius 3 is 2.59 bits per heavy atom. The van der Waals surface area contributed by atoms with E-state index in [1.165, 1.54) is 11.1 Å². The number of benzene rings is 1. The molecule has 1 aromatic carbocycles. The molecule has 4 aromatic rings. The van der Waals surface area contributed by atoms with Gasteiger partial charge in [0.2, 0.25) is 0 Å². The summed E-state index contributed by atoms with van der Waals surface area (Å²) in [5.74, 6) is 0. The topological polar surface area (TPSA) is 38.9 Å². The van der Waals surface area contributed by atoms with Crippen LogP contribution in [0.4, 0.5) is 0 Å². The van der Waals surface area contributed by atoms with Gasteiger partial charge in [-0.05, 0) is 60.0 Å². The minimum atomic E-state index is 0.865. The molecule has 0 aliphatic rings. The number of aromatic nitrogens is 2. The molecule has 0 saturated carbocycles. The Labute approximate surface area is 128 Å². The highest BCUT2D eigenvalue weighted by molar-refractivity contribution is 5.92. The second kappa shape index (κ2) is 5.45. The van der Waals surface area contributed by atoms with Crippen molar-refractivity contribution in [3.63, 3.8) is 0 Å². The molecule has 3 heteroatoms. The molecule has 0 amide bonds. The maximum absolute atomic E-state index is 5.66. The van der Waals surface area contributed by atoms with E-state index in [-0.39, 0.29) is 0 Å². The molecule has 3 nitrogen and oxygen atoms in total. The molecule has 0 bridgehead atoms. The van der Waals surface area contributed by atoms with Gasteiger partial charge in [0.15, 0.2) is 0 Å². The molecule has 22 heavy (non-hydrogen) atoms. The predicted molar refractivity (Wildman–Crippen MR) is 86.5 cm³/mol. The van der Waals surface area contributed by atoms with Crippen LogP contribution in [0, 0.1) is 0 Å². The average molecular weight is 286 g/mol. The number of fused-ring (bicyclic) bond motifs is 1. The van der Waals surface area contributed by atoms with E-state index in [0.29, 0.717) is 0 Å². The lowest BCUT2D eigenvalue weighted by molar-refractivity contribution is 0.616. The molecule has 3 heterocycles. The van der Waals surface area contributed by atoms with Crippen LogP contribution in [0.15, 0.2) is 77.8 Å². The van der Waals surface area contributed by atoms with Crippen LogP contribution < -0.4 is 0 Å². The predicted octanol–water partition coefficient (Wildman–Crippen LogP) is 4.48. The number of hydrogen-bond acceptors (Lipinski definition) is 3. The molecule has 0 fully saturated rings. The summed E-state index contributed by atoms with van der Waals surface area (Å²) in [6, 6.07) is 16.3. The first-order valence-electron chi connectivity index (χ1n) is 7.20. The lowest BCUT2D eigenvalue weighted by Crippen LogP contribution is -1.91. The number of furan rings is 1. The van der Waals surface area contributed by atoms with Crippen molar-refractivity contribution in [3.05, 3.63) is 84.5 Å². The Balaban J connectivity index is 1.84. The van der Waals surface area contributed by atoms with Gasteiger partial charge >= 0.3 is 0 Å². The van der Waals surface area contributed by atoms with E-state index in [0.717, 1.165) is 28.6 Å². The summed E-state index contributed by atoms with van der Waals surface area (Å²) >= 11 is 0. The number of hydrogen-bond donors (Lipinski definition) is 0. The first-order chi connectivity index (χ1) is 10.9. The van der Waals surface area contributed by atoms with Crippen LogP contribution in [0.25, 0.3) is 22.2 Å². The van der Waals surface area contributed by atoms with Gasteiger partial charge in [0.25, 0.3) is 0 Å². The largest absolute Gasteiger partial charge is 0.464 e. The third kappa shape index (κ3) is 2.37. The standard InChI is InChI=1S/C19H14N2O/c1-2-7-21-18(3-1)17-13-15(11-14-4-8-20-9-5-14)12-16-6-10-22-19(16)17/h1-10,12-13H,11H2. The first kappa shape index (κ1) is 12.8. The summed E-state index contributed by atoms with van der Waals surface area (Å²) in [7, 11) is 0. The van der Waals surface area contributed by atoms with Crippen LogP contribution in [0.3, 0.4) is 0 Å². The summed E-state index contributed by atoms with van der Waals surface area (Å²) in [6.45, 7) is 0. The van der Waals surface area contributed by atoms with Crippen LogP contribution in [-0.2, 0) is 6.42 Å². The van der Waals surface area contributed by atoms with Gasteiger partial charge in [-0.15, -0.1) is 0 Å². The van der Waals surface area contributed by atoms with Gasteiger partial charge in [-0.1, -0.05) is 6.07 Å². The summed E-state index contributed by atoms with van der Waals surface area (Å²) in [5, 5.41) is 1.10. The third-order valence-electron chi connectivity index (χ3n) is 3.71. The average Bonchev–Trinajstić information content (AvgIpc) is 3.04. The maximum atomic E-state index is 5.66. The third-order valence-corrected chi connectivity index (χ3v) is 3.71. The van der Waals surface area contributed by atoms with Gasteiger partial charge in [0.1, 0.15) is 5.58 Å². The van der Waals surface area contributed by atoms with E-state index in [2.05, 4.69) is 22.1 Å². The van der Waals surface area contributed by atoms with E-state index in [9.17, 15) is 0 Å². The summed E-state index contributed by atoms with van der Waals surface area (Å²) in [6.07, 6.45) is 8.05. The molecule has 0 N–H and O–H groups in total. The molecule has 4 rings (SSSR count). The van der Waals surface area contributed by atoms with Crippen molar-refractivity contribution in [2.24, 2.45) is 0 Å². The smallest absolute Gasteiger partial charge is 0.143 e. The van der Waals surface area contributed by atoms with Crippen molar-refractivity contribution in [3.8, 4) is 11.3 Å². The second-order valence-corrected chi connectivity index (χ2v) is 5.23. The fourth-order valence-corrected chi connectivity index (χ4v) is 2.69. The Kier molecular flexibility index (Phi) is 3.16. The lowest BCUT2D eigenvalue weighted by Gasteiger charge is -2.07. The van der Waals surface area contributed by atoms with Crippen LogP contribution in [0.2, 0.25) is 0 Å². The molecule has 0 aliphatic heterocycles. The molecule has 0 aliphatic carbocycles. The van der Waals surface area contributed by atoms with E-state index in [1.54, 1.807) is 12.5 Å². The monoisotopic (exact) mass is 286 g/mol. The molecule has 0 radical (unpaired) electrons. The highest BCUT2D eigenvalue weighted by atomic mass is 16.3. The van der Waals surface area contributed by atoms with Gasteiger partial charge in [-0.2, -0.15) is 0 Å². The normalized spacial score (nSPS) is 10.9. The minimum absolute atomic E-state index is 0.865. The van der Waals surface area contributed by atoms with E-state index in [4.69, 9.17) is 4.42 Å². The Morgan fingerprint density at radius 1 is 0.864 bits per heavy atom. The van der Waals surface area contributed by atoms with E-state index in [1.807, 2.05) is 48.8 Å². The molecular formula is C19H14N2O. The second-order valence-electron chi connectivity index (χ2n) is 5.23. The number of rotatable bonds is 3. The Bertz CT molecular complexity index is 899. The Morgan fingerprint density at radius 2 is 1.77 bits per heavy atom. The number of nitrogens with zero attached hydrogens (tertiary/aromatic N) is 2. The van der Waals surface area contributed by atoms with Crippen LogP contribution >= 0.6 is 0 Å². The first-order valence-corrected chi connectivity index (χ1v) is 7.20. The van der Waals surface area contributed by atoms with Crippen molar-refractivity contribution in [2.75, 3.05) is 0 Å². The zero-order valence-corrected chi connectivity index (χ0v) is 11.9.